The molecule has 170 valence electrons. The maximum Gasteiger partial charge on any atom is 0.260 e. The number of nitrogens with zero attached hydrogens (tertiary/aromatic N) is 3. The van der Waals surface area contributed by atoms with Crippen LogP contribution in [0, 0.1) is 13.8 Å². The van der Waals surface area contributed by atoms with Crippen molar-refractivity contribution in [3.8, 4) is 0 Å². The van der Waals surface area contributed by atoms with Gasteiger partial charge in [0.1, 0.15) is 0 Å². The monoisotopic (exact) mass is 459 g/mol. The first kappa shape index (κ1) is 22.0. The Labute approximate surface area is 198 Å². The maximum atomic E-state index is 13.9. The van der Waals surface area contributed by atoms with E-state index in [1.165, 1.54) is 5.56 Å². The Morgan fingerprint density at radius 1 is 1.03 bits per heavy atom. The molecule has 0 aliphatic carbocycles. The largest absolute Gasteiger partial charge is 0.379 e. The van der Waals surface area contributed by atoms with Gasteiger partial charge in [-0.25, -0.2) is 4.98 Å². The lowest BCUT2D eigenvalue weighted by molar-refractivity contribution is 0.0376. The van der Waals surface area contributed by atoms with Crippen molar-refractivity contribution in [1.82, 2.24) is 9.88 Å². The number of ether oxygens (including phenoxy) is 1. The summed E-state index contributed by atoms with van der Waals surface area (Å²) in [4.78, 5) is 23.2. The molecule has 0 saturated carbocycles. The van der Waals surface area contributed by atoms with Crippen LogP contribution in [-0.4, -0.2) is 55.2 Å². The number of morpholine rings is 1. The first-order chi connectivity index (χ1) is 16.1. The second-order valence-corrected chi connectivity index (χ2v) is 9.64. The van der Waals surface area contributed by atoms with Crippen LogP contribution < -0.4 is 4.90 Å². The molecule has 3 aromatic carbocycles. The van der Waals surface area contributed by atoms with Crippen LogP contribution in [0.5, 0.6) is 0 Å². The highest BCUT2D eigenvalue weighted by atomic mass is 32.1. The molecule has 1 aromatic heterocycles. The molecule has 0 radical (unpaired) electrons. The van der Waals surface area contributed by atoms with E-state index in [0.29, 0.717) is 6.54 Å². The molecule has 0 atom stereocenters. The van der Waals surface area contributed by atoms with Gasteiger partial charge >= 0.3 is 0 Å². The molecule has 1 fully saturated rings. The smallest absolute Gasteiger partial charge is 0.260 e. The second kappa shape index (κ2) is 9.59. The molecule has 0 spiro atoms. The molecule has 2 heterocycles. The van der Waals surface area contributed by atoms with Crippen LogP contribution in [-0.2, 0) is 4.74 Å². The lowest BCUT2D eigenvalue weighted by Gasteiger charge is -2.28. The summed E-state index contributed by atoms with van der Waals surface area (Å²) in [7, 11) is 0. The highest BCUT2D eigenvalue weighted by molar-refractivity contribution is 7.22. The number of carbonyl (C=O) groups is 1. The molecule has 0 N–H and O–H groups in total. The number of amides is 1. The van der Waals surface area contributed by atoms with E-state index in [1.54, 1.807) is 11.3 Å². The number of aryl methyl sites for hydroxylation is 2. The molecule has 1 saturated heterocycles. The van der Waals surface area contributed by atoms with Gasteiger partial charge in [-0.3, -0.25) is 14.6 Å². The Hall–Kier alpha value is -2.80. The number of carbonyl (C=O) groups excluding carboxylic acids is 1. The van der Waals surface area contributed by atoms with Crippen molar-refractivity contribution in [3.63, 3.8) is 0 Å². The average Bonchev–Trinajstić information content (AvgIpc) is 3.31. The summed E-state index contributed by atoms with van der Waals surface area (Å²) < 4.78 is 6.64. The van der Waals surface area contributed by atoms with Gasteiger partial charge in [0, 0.05) is 31.7 Å². The fourth-order valence-corrected chi connectivity index (χ4v) is 5.62. The average molecular weight is 460 g/mol. The number of benzene rings is 3. The highest BCUT2D eigenvalue weighted by Gasteiger charge is 2.24. The number of hydrogen-bond donors (Lipinski definition) is 0. The zero-order valence-corrected chi connectivity index (χ0v) is 20.0. The Kier molecular flexibility index (Phi) is 6.40. The van der Waals surface area contributed by atoms with Crippen molar-refractivity contribution in [2.24, 2.45) is 0 Å². The molecular formula is C27H29N3O2S. The zero-order chi connectivity index (χ0) is 22.8. The van der Waals surface area contributed by atoms with Gasteiger partial charge in [-0.2, -0.15) is 0 Å². The zero-order valence-electron chi connectivity index (χ0n) is 19.2. The fourth-order valence-electron chi connectivity index (χ4n) is 4.48. The predicted molar refractivity (Wildman–Crippen MR) is 137 cm³/mol. The molecule has 1 aliphatic rings. The molecule has 5 rings (SSSR count). The Bertz CT molecular complexity index is 1250. The number of thiazole rings is 1. The summed E-state index contributed by atoms with van der Waals surface area (Å²) in [5.74, 6) is 0.0168. The van der Waals surface area contributed by atoms with Crippen LogP contribution in [0.25, 0.3) is 21.0 Å². The Morgan fingerprint density at radius 3 is 2.61 bits per heavy atom. The molecule has 4 aromatic rings. The van der Waals surface area contributed by atoms with Gasteiger partial charge in [0.25, 0.3) is 5.91 Å². The molecule has 0 unspecified atom stereocenters. The van der Waals surface area contributed by atoms with Crippen LogP contribution in [0.4, 0.5) is 5.13 Å². The fraction of sp³-hybridized carbons (Fsp3) is 0.333. The lowest BCUT2D eigenvalue weighted by atomic mass is 10.0. The molecule has 5 nitrogen and oxygen atoms in total. The normalized spacial score (nSPS) is 14.7. The van der Waals surface area contributed by atoms with Crippen LogP contribution in [0.1, 0.15) is 27.9 Å². The predicted octanol–water partition coefficient (Wildman–Crippen LogP) is 5.44. The van der Waals surface area contributed by atoms with Crippen LogP contribution in [0.3, 0.4) is 0 Å². The van der Waals surface area contributed by atoms with Crippen molar-refractivity contribution in [2.45, 2.75) is 20.3 Å². The van der Waals surface area contributed by atoms with Gasteiger partial charge in [-0.05, 0) is 48.2 Å². The first-order valence-electron chi connectivity index (χ1n) is 11.6. The molecular weight excluding hydrogens is 430 g/mol. The summed E-state index contributed by atoms with van der Waals surface area (Å²) in [5.41, 5.74) is 4.07. The van der Waals surface area contributed by atoms with Gasteiger partial charge in [0.2, 0.25) is 0 Å². The van der Waals surface area contributed by atoms with Gasteiger partial charge in [0.15, 0.2) is 5.13 Å². The van der Waals surface area contributed by atoms with Crippen molar-refractivity contribution in [2.75, 3.05) is 44.3 Å². The van der Waals surface area contributed by atoms with E-state index < -0.39 is 0 Å². The first-order valence-corrected chi connectivity index (χ1v) is 12.4. The van der Waals surface area contributed by atoms with E-state index >= 15 is 0 Å². The van der Waals surface area contributed by atoms with E-state index in [-0.39, 0.29) is 5.91 Å². The third-order valence-corrected chi connectivity index (χ3v) is 7.60. The van der Waals surface area contributed by atoms with Gasteiger partial charge in [0.05, 0.1) is 23.4 Å². The Morgan fingerprint density at radius 2 is 1.79 bits per heavy atom. The molecule has 1 amide bonds. The summed E-state index contributed by atoms with van der Waals surface area (Å²) in [6.45, 7) is 9.26. The minimum atomic E-state index is 0.0168. The molecule has 33 heavy (non-hydrogen) atoms. The number of fused-ring (bicyclic) bond motifs is 2. The van der Waals surface area contributed by atoms with E-state index in [9.17, 15) is 4.79 Å². The summed E-state index contributed by atoms with van der Waals surface area (Å²) >= 11 is 1.62. The van der Waals surface area contributed by atoms with Gasteiger partial charge < -0.3 is 4.74 Å². The minimum absolute atomic E-state index is 0.0168. The van der Waals surface area contributed by atoms with Gasteiger partial charge in [-0.15, -0.1) is 0 Å². The van der Waals surface area contributed by atoms with E-state index in [4.69, 9.17) is 9.72 Å². The Balaban J connectivity index is 1.50. The van der Waals surface area contributed by atoms with Crippen molar-refractivity contribution in [3.05, 3.63) is 71.3 Å². The maximum absolute atomic E-state index is 13.9. The highest BCUT2D eigenvalue weighted by Crippen LogP contribution is 2.34. The second-order valence-electron chi connectivity index (χ2n) is 8.66. The standard InChI is InChI=1S/C27H29N3O2S/c1-19-11-12-20(2)25-24(19)28-27(33-25)30(14-6-13-29-15-17-32-18-16-29)26(31)23-10-5-8-21-7-3-4-9-22(21)23/h3-5,7-12H,6,13-18H2,1-2H3. The third-order valence-electron chi connectivity index (χ3n) is 6.39. The topological polar surface area (TPSA) is 45.7 Å². The quantitative estimate of drug-likeness (QED) is 0.385. The molecule has 0 bridgehead atoms. The lowest BCUT2D eigenvalue weighted by Crippen LogP contribution is -2.39. The third kappa shape index (κ3) is 4.51. The van der Waals surface area contributed by atoms with Crippen molar-refractivity contribution < 1.29 is 9.53 Å². The van der Waals surface area contributed by atoms with Gasteiger partial charge in [-0.1, -0.05) is 59.9 Å². The molecule has 1 aliphatic heterocycles. The number of rotatable bonds is 6. The summed E-state index contributed by atoms with van der Waals surface area (Å²) in [6.07, 6.45) is 0.893. The van der Waals surface area contributed by atoms with Crippen molar-refractivity contribution in [1.29, 1.82) is 0 Å². The number of aromatic nitrogens is 1. The van der Waals surface area contributed by atoms with Crippen molar-refractivity contribution >= 4 is 43.4 Å². The van der Waals surface area contributed by atoms with E-state index in [1.807, 2.05) is 35.2 Å². The van der Waals surface area contributed by atoms with E-state index in [2.05, 4.69) is 43.0 Å². The summed E-state index contributed by atoms with van der Waals surface area (Å²) in [6, 6.07) is 18.3. The number of anilines is 1. The van der Waals surface area contributed by atoms with Crippen LogP contribution >= 0.6 is 11.3 Å². The molecule has 6 heteroatoms. The SMILES string of the molecule is Cc1ccc(C)c2sc(N(CCCN3CCOCC3)C(=O)c3cccc4ccccc34)nc12. The van der Waals surface area contributed by atoms with E-state index in [0.717, 1.165) is 76.5 Å². The number of hydrogen-bond acceptors (Lipinski definition) is 5. The summed E-state index contributed by atoms with van der Waals surface area (Å²) in [5, 5.41) is 2.84. The minimum Gasteiger partial charge on any atom is -0.379 e. The van der Waals surface area contributed by atoms with Crippen LogP contribution in [0.15, 0.2) is 54.6 Å². The van der Waals surface area contributed by atoms with Crippen LogP contribution in [0.2, 0.25) is 0 Å².